The van der Waals surface area contributed by atoms with Gasteiger partial charge in [-0.1, -0.05) is 32.0 Å². The molecule has 1 rings (SSSR count). The van der Waals surface area contributed by atoms with Gasteiger partial charge in [0.15, 0.2) is 5.16 Å². The molecule has 2 unspecified atom stereocenters. The second kappa shape index (κ2) is 6.58. The Bertz CT molecular complexity index is 473. The van der Waals surface area contributed by atoms with Crippen molar-refractivity contribution in [2.24, 2.45) is 5.92 Å². The lowest BCUT2D eigenvalue weighted by Gasteiger charge is -2.23. The largest absolute Gasteiger partial charge is 0.481 e. The van der Waals surface area contributed by atoms with E-state index in [1.807, 2.05) is 11.5 Å². The Labute approximate surface area is 110 Å². The zero-order chi connectivity index (χ0) is 13.7. The van der Waals surface area contributed by atoms with E-state index in [-0.39, 0.29) is 17.4 Å². The molecule has 100 valence electrons. The summed E-state index contributed by atoms with van der Waals surface area (Å²) in [4.78, 5) is 25.7. The van der Waals surface area contributed by atoms with E-state index in [0.29, 0.717) is 11.1 Å². The summed E-state index contributed by atoms with van der Waals surface area (Å²) in [5.41, 5.74) is -0.338. The maximum absolute atomic E-state index is 11.3. The standard InChI is InChI=1S/C12H18N2O3S/c1-4-8(2)9(3)14-6-5-10(15)13-12(14)18-7-11(16)17/h5-6,8-9H,4,7H2,1-3H3,(H,16,17). The van der Waals surface area contributed by atoms with Gasteiger partial charge >= 0.3 is 5.97 Å². The first-order valence-corrected chi connectivity index (χ1v) is 6.88. The van der Waals surface area contributed by atoms with E-state index in [1.54, 1.807) is 6.20 Å². The first-order chi connectivity index (χ1) is 8.45. The van der Waals surface area contributed by atoms with Crippen molar-refractivity contribution in [1.82, 2.24) is 9.55 Å². The number of thioether (sulfide) groups is 1. The second-order valence-electron chi connectivity index (χ2n) is 4.26. The van der Waals surface area contributed by atoms with Crippen LogP contribution in [0.1, 0.15) is 33.2 Å². The van der Waals surface area contributed by atoms with Crippen molar-refractivity contribution < 1.29 is 9.90 Å². The zero-order valence-electron chi connectivity index (χ0n) is 10.8. The van der Waals surface area contributed by atoms with Crippen LogP contribution in [0.4, 0.5) is 0 Å². The molecule has 0 aromatic carbocycles. The lowest BCUT2D eigenvalue weighted by atomic mass is 10.0. The van der Waals surface area contributed by atoms with Gasteiger partial charge in [-0.3, -0.25) is 9.59 Å². The summed E-state index contributed by atoms with van der Waals surface area (Å²) >= 11 is 1.08. The number of nitrogens with zero attached hydrogens (tertiary/aromatic N) is 2. The van der Waals surface area contributed by atoms with Crippen molar-refractivity contribution in [1.29, 1.82) is 0 Å². The van der Waals surface area contributed by atoms with E-state index in [4.69, 9.17) is 5.11 Å². The SMILES string of the molecule is CCC(C)C(C)n1ccc(=O)nc1SCC(=O)O. The molecule has 0 saturated heterocycles. The molecule has 2 atom stereocenters. The third-order valence-electron chi connectivity index (χ3n) is 3.04. The minimum Gasteiger partial charge on any atom is -0.481 e. The summed E-state index contributed by atoms with van der Waals surface area (Å²) < 4.78 is 1.88. The fourth-order valence-corrected chi connectivity index (χ4v) is 2.34. The van der Waals surface area contributed by atoms with Crippen molar-refractivity contribution >= 4 is 17.7 Å². The number of carboxylic acid groups (broad SMARTS) is 1. The van der Waals surface area contributed by atoms with E-state index in [2.05, 4.69) is 18.8 Å². The molecular formula is C12H18N2O3S. The highest BCUT2D eigenvalue weighted by atomic mass is 32.2. The summed E-state index contributed by atoms with van der Waals surface area (Å²) in [6, 6.07) is 1.59. The number of carbonyl (C=O) groups is 1. The van der Waals surface area contributed by atoms with E-state index in [9.17, 15) is 9.59 Å². The Kier molecular flexibility index (Phi) is 5.40. The maximum atomic E-state index is 11.3. The van der Waals surface area contributed by atoms with Crippen molar-refractivity contribution in [2.45, 2.75) is 38.4 Å². The van der Waals surface area contributed by atoms with Crippen LogP contribution in [0.25, 0.3) is 0 Å². The van der Waals surface area contributed by atoms with Gasteiger partial charge in [-0.15, -0.1) is 0 Å². The zero-order valence-corrected chi connectivity index (χ0v) is 11.6. The van der Waals surface area contributed by atoms with Crippen molar-refractivity contribution in [2.75, 3.05) is 5.75 Å². The monoisotopic (exact) mass is 270 g/mol. The summed E-state index contributed by atoms with van der Waals surface area (Å²) in [5, 5.41) is 9.16. The number of hydrogen-bond donors (Lipinski definition) is 1. The highest BCUT2D eigenvalue weighted by Gasteiger charge is 2.16. The Morgan fingerprint density at radius 3 is 2.78 bits per heavy atom. The minimum atomic E-state index is -0.916. The molecule has 0 radical (unpaired) electrons. The molecule has 0 spiro atoms. The molecule has 1 heterocycles. The van der Waals surface area contributed by atoms with Gasteiger partial charge in [0.2, 0.25) is 0 Å². The van der Waals surface area contributed by atoms with Crippen LogP contribution in [0.5, 0.6) is 0 Å². The Hall–Kier alpha value is -1.30. The first kappa shape index (κ1) is 14.8. The van der Waals surface area contributed by atoms with Crippen LogP contribution in [0.3, 0.4) is 0 Å². The molecule has 0 amide bonds. The van der Waals surface area contributed by atoms with Gasteiger partial charge in [0.25, 0.3) is 5.56 Å². The first-order valence-electron chi connectivity index (χ1n) is 5.89. The molecule has 1 aromatic rings. The summed E-state index contributed by atoms with van der Waals surface area (Å²) in [6.07, 6.45) is 2.70. The molecule has 0 aliphatic rings. The Balaban J connectivity index is 3.02. The molecule has 0 bridgehead atoms. The molecule has 1 aromatic heterocycles. The van der Waals surface area contributed by atoms with E-state index in [0.717, 1.165) is 18.2 Å². The third-order valence-corrected chi connectivity index (χ3v) is 3.99. The van der Waals surface area contributed by atoms with Gasteiger partial charge in [-0.05, 0) is 12.8 Å². The van der Waals surface area contributed by atoms with Crippen LogP contribution >= 0.6 is 11.8 Å². The predicted octanol–water partition coefficient (Wildman–Crippen LogP) is 2.03. The molecule has 0 aliphatic carbocycles. The van der Waals surface area contributed by atoms with Crippen molar-refractivity contribution in [3.8, 4) is 0 Å². The minimum absolute atomic E-state index is 0.0936. The van der Waals surface area contributed by atoms with Crippen LogP contribution < -0.4 is 5.56 Å². The lowest BCUT2D eigenvalue weighted by molar-refractivity contribution is -0.133. The van der Waals surface area contributed by atoms with Gasteiger partial charge in [-0.25, -0.2) is 0 Å². The highest BCUT2D eigenvalue weighted by molar-refractivity contribution is 7.99. The molecule has 18 heavy (non-hydrogen) atoms. The maximum Gasteiger partial charge on any atom is 0.313 e. The van der Waals surface area contributed by atoms with Crippen LogP contribution in [-0.4, -0.2) is 26.4 Å². The van der Waals surface area contributed by atoms with E-state index < -0.39 is 5.97 Å². The summed E-state index contributed by atoms with van der Waals surface area (Å²) in [7, 11) is 0. The highest BCUT2D eigenvalue weighted by Crippen LogP contribution is 2.24. The van der Waals surface area contributed by atoms with Crippen LogP contribution in [0.15, 0.2) is 22.2 Å². The Morgan fingerprint density at radius 2 is 2.22 bits per heavy atom. The van der Waals surface area contributed by atoms with Gasteiger partial charge < -0.3 is 9.67 Å². The topological polar surface area (TPSA) is 72.2 Å². The van der Waals surface area contributed by atoms with Gasteiger partial charge in [0.1, 0.15) is 0 Å². The van der Waals surface area contributed by atoms with Crippen LogP contribution in [0.2, 0.25) is 0 Å². The summed E-state index contributed by atoms with van der Waals surface area (Å²) in [5.74, 6) is -0.580. The van der Waals surface area contributed by atoms with Crippen molar-refractivity contribution in [3.05, 3.63) is 22.6 Å². The summed E-state index contributed by atoms with van der Waals surface area (Å²) in [6.45, 7) is 6.26. The smallest absolute Gasteiger partial charge is 0.313 e. The molecule has 0 saturated carbocycles. The van der Waals surface area contributed by atoms with Crippen LogP contribution in [0, 0.1) is 5.92 Å². The number of hydrogen-bond acceptors (Lipinski definition) is 4. The lowest BCUT2D eigenvalue weighted by Crippen LogP contribution is -2.20. The number of rotatable bonds is 6. The van der Waals surface area contributed by atoms with Crippen molar-refractivity contribution in [3.63, 3.8) is 0 Å². The van der Waals surface area contributed by atoms with Gasteiger partial charge in [-0.2, -0.15) is 4.98 Å². The molecule has 6 heteroatoms. The Morgan fingerprint density at radius 1 is 1.56 bits per heavy atom. The number of aliphatic carboxylic acids is 1. The quantitative estimate of drug-likeness (QED) is 0.632. The van der Waals surface area contributed by atoms with E-state index >= 15 is 0 Å². The second-order valence-corrected chi connectivity index (χ2v) is 5.21. The average Bonchev–Trinajstić information content (AvgIpc) is 2.34. The third kappa shape index (κ3) is 3.87. The van der Waals surface area contributed by atoms with Crippen LogP contribution in [-0.2, 0) is 4.79 Å². The molecule has 5 nitrogen and oxygen atoms in total. The fourth-order valence-electron chi connectivity index (χ4n) is 1.56. The van der Waals surface area contributed by atoms with Gasteiger partial charge in [0, 0.05) is 18.3 Å². The number of carboxylic acids is 1. The van der Waals surface area contributed by atoms with E-state index in [1.165, 1.54) is 6.07 Å². The molecular weight excluding hydrogens is 252 g/mol. The normalized spacial score (nSPS) is 14.2. The number of aromatic nitrogens is 2. The fraction of sp³-hybridized carbons (Fsp3) is 0.583. The molecule has 0 fully saturated rings. The predicted molar refractivity (Wildman–Crippen MR) is 71.0 cm³/mol. The van der Waals surface area contributed by atoms with Gasteiger partial charge in [0.05, 0.1) is 5.75 Å². The molecule has 0 aliphatic heterocycles. The molecule has 1 N–H and O–H groups in total. The average molecular weight is 270 g/mol.